The number of methoxy groups -OCH3 is 1. The molecule has 2 amide bonds. The van der Waals surface area contributed by atoms with Crippen LogP contribution >= 0.6 is 27.3 Å². The molecule has 43 heavy (non-hydrogen) atoms. The molecular weight excluding hydrogens is 636 g/mol. The van der Waals surface area contributed by atoms with Gasteiger partial charge in [0.25, 0.3) is 0 Å². The number of benzene rings is 1. The maximum absolute atomic E-state index is 13.7. The highest BCUT2D eigenvalue weighted by Gasteiger charge is 2.61. The van der Waals surface area contributed by atoms with Gasteiger partial charge in [-0.15, -0.1) is 11.3 Å². The van der Waals surface area contributed by atoms with Gasteiger partial charge in [-0.1, -0.05) is 25.0 Å². The second kappa shape index (κ2) is 12.2. The first kappa shape index (κ1) is 29.6. The van der Waals surface area contributed by atoms with E-state index in [1.54, 1.807) is 18.2 Å². The molecule has 1 saturated carbocycles. The van der Waals surface area contributed by atoms with Crippen LogP contribution in [0, 0.1) is 5.92 Å². The maximum Gasteiger partial charge on any atom is 0.330 e. The van der Waals surface area contributed by atoms with Gasteiger partial charge < -0.3 is 24.8 Å². The molecule has 12 heteroatoms. The van der Waals surface area contributed by atoms with Gasteiger partial charge in [0.05, 0.1) is 23.6 Å². The number of carbonyl (C=O) groups excluding carboxylic acids is 2. The molecule has 1 saturated heterocycles. The number of carboxylic acids is 1. The number of allylic oxidation sites excluding steroid dienone is 1. The van der Waals surface area contributed by atoms with E-state index in [1.807, 2.05) is 35.7 Å². The van der Waals surface area contributed by atoms with Crippen LogP contribution in [0.5, 0.6) is 11.5 Å². The zero-order valence-electron chi connectivity index (χ0n) is 23.8. The van der Waals surface area contributed by atoms with Crippen molar-refractivity contribution in [3.05, 3.63) is 46.4 Å². The lowest BCUT2D eigenvalue weighted by molar-refractivity contribution is -0.145. The van der Waals surface area contributed by atoms with Crippen LogP contribution < -0.4 is 14.8 Å². The molecular formula is C31H33BrN4O6S. The highest BCUT2D eigenvalue weighted by Crippen LogP contribution is 2.46. The Morgan fingerprint density at radius 2 is 2.05 bits per heavy atom. The summed E-state index contributed by atoms with van der Waals surface area (Å²) in [6, 6.07) is 4.70. The average Bonchev–Trinajstić information content (AvgIpc) is 3.32. The predicted molar refractivity (Wildman–Crippen MR) is 165 cm³/mol. The molecule has 2 aliphatic heterocycles. The Morgan fingerprint density at radius 1 is 1.21 bits per heavy atom. The lowest BCUT2D eigenvalue weighted by Gasteiger charge is -2.25. The first-order valence-electron chi connectivity index (χ1n) is 14.6. The van der Waals surface area contributed by atoms with Crippen LogP contribution in [0.4, 0.5) is 0 Å². The molecule has 4 unspecified atom stereocenters. The van der Waals surface area contributed by atoms with Gasteiger partial charge in [0.2, 0.25) is 11.8 Å². The summed E-state index contributed by atoms with van der Waals surface area (Å²) in [5.74, 6) is -0.720. The number of aliphatic carboxylic acids is 1. The number of nitrogens with zero attached hydrogens (tertiary/aromatic N) is 3. The van der Waals surface area contributed by atoms with Gasteiger partial charge in [-0.2, -0.15) is 0 Å². The number of amides is 2. The number of rotatable bonds is 5. The zero-order valence-corrected chi connectivity index (χ0v) is 26.2. The lowest BCUT2D eigenvalue weighted by atomic mass is 10.1. The molecule has 2 fully saturated rings. The number of ether oxygens (including phenoxy) is 2. The third-order valence-corrected chi connectivity index (χ3v) is 10.1. The highest BCUT2D eigenvalue weighted by molar-refractivity contribution is 9.10. The van der Waals surface area contributed by atoms with E-state index in [2.05, 4.69) is 26.2 Å². The van der Waals surface area contributed by atoms with E-state index in [1.165, 1.54) is 11.3 Å². The van der Waals surface area contributed by atoms with Crippen molar-refractivity contribution in [2.75, 3.05) is 13.7 Å². The standard InChI is InChI=1S/C31H33BrN4O6S/c1-41-23-11-10-20-24(15-21(29-33-12-13-43-29)34-27(20)26(23)32)42-19-14-22-28(38)35-31(30(39)40)16-18(31)8-6-4-2-3-5-7-9-25(37)36(22)17-19/h6,8,10-13,15,18-19,22H,2-5,7,9,14,16-17H2,1H3,(H,35,38)(H,39,40)/b8-6-. The van der Waals surface area contributed by atoms with E-state index in [0.29, 0.717) is 40.0 Å². The highest BCUT2D eigenvalue weighted by atomic mass is 79.9. The number of carbonyl (C=O) groups is 3. The number of thiazole rings is 1. The van der Waals surface area contributed by atoms with Crippen molar-refractivity contribution in [3.63, 3.8) is 0 Å². The van der Waals surface area contributed by atoms with Gasteiger partial charge in [-0.25, -0.2) is 14.8 Å². The van der Waals surface area contributed by atoms with E-state index in [9.17, 15) is 19.5 Å². The van der Waals surface area contributed by atoms with Gasteiger partial charge in [-0.3, -0.25) is 9.59 Å². The summed E-state index contributed by atoms with van der Waals surface area (Å²) in [5, 5.41) is 16.2. The summed E-state index contributed by atoms with van der Waals surface area (Å²) >= 11 is 5.08. The van der Waals surface area contributed by atoms with Crippen molar-refractivity contribution in [3.8, 4) is 22.2 Å². The third kappa shape index (κ3) is 5.86. The van der Waals surface area contributed by atoms with Crippen LogP contribution in [0.2, 0.25) is 0 Å². The van der Waals surface area contributed by atoms with Crippen molar-refractivity contribution in [2.24, 2.45) is 5.92 Å². The lowest BCUT2D eigenvalue weighted by Crippen LogP contribution is -2.53. The Hall–Kier alpha value is -3.51. The van der Waals surface area contributed by atoms with E-state index < -0.39 is 29.6 Å². The van der Waals surface area contributed by atoms with Crippen molar-refractivity contribution in [1.82, 2.24) is 20.2 Å². The Morgan fingerprint density at radius 3 is 2.81 bits per heavy atom. The number of nitrogens with one attached hydrogen (secondary N) is 1. The van der Waals surface area contributed by atoms with Crippen LogP contribution in [0.3, 0.4) is 0 Å². The van der Waals surface area contributed by atoms with Crippen LogP contribution in [0.1, 0.15) is 51.4 Å². The molecule has 3 aromatic rings. The van der Waals surface area contributed by atoms with Gasteiger partial charge in [-0.05, 0) is 53.7 Å². The van der Waals surface area contributed by atoms with Crippen LogP contribution in [-0.2, 0) is 14.4 Å². The quantitative estimate of drug-likeness (QED) is 0.348. The second-order valence-electron chi connectivity index (χ2n) is 11.3. The van der Waals surface area contributed by atoms with Crippen molar-refractivity contribution in [1.29, 1.82) is 0 Å². The number of carboxylic acid groups (broad SMARTS) is 1. The maximum atomic E-state index is 13.7. The van der Waals surface area contributed by atoms with Crippen LogP contribution in [-0.4, -0.2) is 69.1 Å². The zero-order chi connectivity index (χ0) is 30.1. The van der Waals surface area contributed by atoms with Crippen molar-refractivity contribution >= 4 is 56.0 Å². The number of hydrogen-bond donors (Lipinski definition) is 2. The molecule has 1 aromatic carbocycles. The van der Waals surface area contributed by atoms with Gasteiger partial charge >= 0.3 is 5.97 Å². The Bertz CT molecular complexity index is 1580. The van der Waals surface area contributed by atoms with Crippen LogP contribution in [0.15, 0.2) is 46.4 Å². The molecule has 2 aromatic heterocycles. The SMILES string of the molecule is COc1ccc2c(OC3CC4C(=O)NC5(C(=O)O)CC5/C=C\CCCCCCC(=O)N4C3)cc(-c3nccs3)nc2c1Br. The molecule has 1 aliphatic carbocycles. The fraction of sp³-hybridized carbons (Fsp3) is 0.452. The van der Waals surface area contributed by atoms with E-state index in [0.717, 1.165) is 42.5 Å². The first-order chi connectivity index (χ1) is 20.8. The fourth-order valence-corrected chi connectivity index (χ4v) is 7.27. The molecule has 4 atom stereocenters. The number of halogens is 1. The minimum Gasteiger partial charge on any atom is -0.495 e. The third-order valence-electron chi connectivity index (χ3n) is 8.52. The van der Waals surface area contributed by atoms with Crippen LogP contribution in [0.25, 0.3) is 21.6 Å². The van der Waals surface area contributed by atoms with Gasteiger partial charge in [0.15, 0.2) is 0 Å². The van der Waals surface area contributed by atoms with Crippen molar-refractivity contribution in [2.45, 2.75) is 69.1 Å². The smallest absolute Gasteiger partial charge is 0.330 e. The Balaban J connectivity index is 1.31. The summed E-state index contributed by atoms with van der Waals surface area (Å²) in [6.45, 7) is 0.216. The molecule has 2 N–H and O–H groups in total. The fourth-order valence-electron chi connectivity index (χ4n) is 6.07. The predicted octanol–water partition coefficient (Wildman–Crippen LogP) is 5.35. The largest absolute Gasteiger partial charge is 0.495 e. The van der Waals surface area contributed by atoms with E-state index in [4.69, 9.17) is 14.5 Å². The summed E-state index contributed by atoms with van der Waals surface area (Å²) in [4.78, 5) is 50.2. The molecule has 3 aliphatic rings. The number of aromatic nitrogens is 2. The summed E-state index contributed by atoms with van der Waals surface area (Å²) in [6.07, 6.45) is 10.6. The summed E-state index contributed by atoms with van der Waals surface area (Å²) < 4.78 is 12.7. The topological polar surface area (TPSA) is 131 Å². The Kier molecular flexibility index (Phi) is 8.41. The normalized spacial score (nSPS) is 26.9. The second-order valence-corrected chi connectivity index (χ2v) is 13.0. The summed E-state index contributed by atoms with van der Waals surface area (Å²) in [5.41, 5.74) is -0.0688. The number of pyridine rings is 1. The molecule has 0 bridgehead atoms. The first-order valence-corrected chi connectivity index (χ1v) is 16.2. The molecule has 10 nitrogen and oxygen atoms in total. The molecule has 4 heterocycles. The van der Waals surface area contributed by atoms with Gasteiger partial charge in [0, 0.05) is 41.8 Å². The monoisotopic (exact) mass is 668 g/mol. The van der Waals surface area contributed by atoms with Crippen molar-refractivity contribution < 1.29 is 29.0 Å². The molecule has 0 spiro atoms. The van der Waals surface area contributed by atoms with E-state index in [-0.39, 0.29) is 24.8 Å². The average molecular weight is 670 g/mol. The summed E-state index contributed by atoms with van der Waals surface area (Å²) in [7, 11) is 1.59. The minimum absolute atomic E-state index is 0.119. The molecule has 6 rings (SSSR count). The Labute approximate surface area is 261 Å². The van der Waals surface area contributed by atoms with Gasteiger partial charge in [0.1, 0.15) is 39.9 Å². The molecule has 0 radical (unpaired) electrons. The number of hydrogen-bond acceptors (Lipinski definition) is 8. The minimum atomic E-state index is -1.34. The molecule has 226 valence electrons. The number of fused-ring (bicyclic) bond motifs is 3. The van der Waals surface area contributed by atoms with E-state index >= 15 is 0 Å².